The molecule has 0 aromatic heterocycles. The van der Waals surface area contributed by atoms with Gasteiger partial charge in [0.15, 0.2) is 0 Å². The minimum absolute atomic E-state index is 0. The van der Waals surface area contributed by atoms with E-state index in [-0.39, 0.29) is 40.8 Å². The first-order valence-corrected chi connectivity index (χ1v) is 10.6. The number of likely N-dealkylation sites (N-methyl/N-ethyl adjacent to an activating group) is 1. The van der Waals surface area contributed by atoms with Crippen LogP contribution in [-0.4, -0.2) is 42.0 Å². The van der Waals surface area contributed by atoms with Gasteiger partial charge in [-0.25, -0.2) is 26.3 Å². The van der Waals surface area contributed by atoms with Crippen molar-refractivity contribution in [3.8, 4) is 0 Å². The molecule has 7 nitrogen and oxygen atoms in total. The Labute approximate surface area is 150 Å². The van der Waals surface area contributed by atoms with E-state index in [1.54, 1.807) is 0 Å². The Bertz CT molecular complexity index is 732. The second-order valence-electron chi connectivity index (χ2n) is 5.68. The Kier molecular flexibility index (Phi) is 7.64. The maximum absolute atomic E-state index is 12.2. The lowest BCUT2D eigenvalue weighted by Crippen LogP contribution is -2.38. The predicted octanol–water partition coefficient (Wildman–Crippen LogP) is 0.825. The molecule has 0 aliphatic heterocycles. The zero-order valence-electron chi connectivity index (χ0n) is 13.7. The maximum Gasteiger partial charge on any atom is 0.240 e. The van der Waals surface area contributed by atoms with E-state index in [2.05, 4.69) is 14.8 Å². The molecular formula is C14H24ClN3O4S2. The van der Waals surface area contributed by atoms with Crippen LogP contribution in [0.5, 0.6) is 0 Å². The largest absolute Gasteiger partial charge is 0.313 e. The van der Waals surface area contributed by atoms with Gasteiger partial charge >= 0.3 is 0 Å². The first-order valence-electron chi connectivity index (χ1n) is 7.60. The molecule has 1 atom stereocenters. The monoisotopic (exact) mass is 397 g/mol. The van der Waals surface area contributed by atoms with Crippen LogP contribution in [0.2, 0.25) is 0 Å². The van der Waals surface area contributed by atoms with E-state index >= 15 is 0 Å². The highest BCUT2D eigenvalue weighted by Gasteiger charge is 2.28. The number of nitrogens with one attached hydrogen (secondary N) is 3. The van der Waals surface area contributed by atoms with E-state index in [0.29, 0.717) is 0 Å². The molecule has 1 aliphatic rings. The number of sulfonamides is 2. The standard InChI is InChI=1S/C14H23N3O4S2.ClH/c1-3-15-11(2)10-16-22(18,19)13-6-8-14(9-7-13)23(20,21)17-12-4-5-12;/h6-9,11-12,15-17H,3-5,10H2,1-2H3;1H/t11-;/m1./s1. The van der Waals surface area contributed by atoms with Crippen molar-refractivity contribution in [3.63, 3.8) is 0 Å². The summed E-state index contributed by atoms with van der Waals surface area (Å²) in [5.74, 6) is 0. The number of rotatable bonds is 9. The molecule has 0 spiro atoms. The van der Waals surface area contributed by atoms with Crippen molar-refractivity contribution in [3.05, 3.63) is 24.3 Å². The minimum atomic E-state index is -3.65. The third-order valence-corrected chi connectivity index (χ3v) is 6.45. The highest BCUT2D eigenvalue weighted by atomic mass is 35.5. The SMILES string of the molecule is CCN[C@H](C)CNS(=O)(=O)c1ccc(S(=O)(=O)NC2CC2)cc1.Cl. The van der Waals surface area contributed by atoms with Crippen LogP contribution in [0.1, 0.15) is 26.7 Å². The molecule has 0 heterocycles. The summed E-state index contributed by atoms with van der Waals surface area (Å²) in [4.78, 5) is 0.121. The van der Waals surface area contributed by atoms with Crippen LogP contribution in [-0.2, 0) is 20.0 Å². The van der Waals surface area contributed by atoms with Gasteiger partial charge in [0, 0.05) is 18.6 Å². The summed E-state index contributed by atoms with van der Waals surface area (Å²) in [6.45, 7) is 4.84. The van der Waals surface area contributed by atoms with Crippen LogP contribution < -0.4 is 14.8 Å². The van der Waals surface area contributed by atoms with Gasteiger partial charge in [-0.1, -0.05) is 6.92 Å². The number of halogens is 1. The van der Waals surface area contributed by atoms with Gasteiger partial charge in [0.05, 0.1) is 9.79 Å². The van der Waals surface area contributed by atoms with Crippen LogP contribution in [0.4, 0.5) is 0 Å². The second-order valence-corrected chi connectivity index (χ2v) is 9.16. The van der Waals surface area contributed by atoms with Gasteiger partial charge in [-0.05, 0) is 50.6 Å². The van der Waals surface area contributed by atoms with Crippen molar-refractivity contribution in [2.75, 3.05) is 13.1 Å². The third-order valence-electron chi connectivity index (χ3n) is 3.48. The van der Waals surface area contributed by atoms with E-state index in [4.69, 9.17) is 0 Å². The van der Waals surface area contributed by atoms with E-state index in [0.717, 1.165) is 19.4 Å². The zero-order chi connectivity index (χ0) is 17.1. The zero-order valence-corrected chi connectivity index (χ0v) is 16.1. The maximum atomic E-state index is 12.2. The summed E-state index contributed by atoms with van der Waals surface area (Å²) in [7, 11) is -7.22. The summed E-state index contributed by atoms with van der Waals surface area (Å²) in [5, 5.41) is 3.11. The molecule has 0 amide bonds. The van der Waals surface area contributed by atoms with Crippen LogP contribution in [0.3, 0.4) is 0 Å². The molecule has 1 saturated carbocycles. The summed E-state index contributed by atoms with van der Waals surface area (Å²) >= 11 is 0. The summed E-state index contributed by atoms with van der Waals surface area (Å²) in [5.41, 5.74) is 0. The molecule has 0 saturated heterocycles. The quantitative estimate of drug-likeness (QED) is 0.572. The van der Waals surface area contributed by atoms with Gasteiger partial charge in [0.25, 0.3) is 0 Å². The van der Waals surface area contributed by atoms with E-state index in [1.807, 2.05) is 13.8 Å². The van der Waals surface area contributed by atoms with Crippen molar-refractivity contribution in [2.24, 2.45) is 0 Å². The van der Waals surface area contributed by atoms with Gasteiger partial charge in [-0.3, -0.25) is 0 Å². The first-order chi connectivity index (χ1) is 10.7. The molecular weight excluding hydrogens is 374 g/mol. The fourth-order valence-electron chi connectivity index (χ4n) is 2.03. The molecule has 10 heteroatoms. The molecule has 1 aromatic rings. The average Bonchev–Trinajstić information content (AvgIpc) is 3.29. The van der Waals surface area contributed by atoms with Crippen molar-refractivity contribution in [2.45, 2.75) is 48.6 Å². The van der Waals surface area contributed by atoms with Gasteiger partial charge < -0.3 is 5.32 Å². The molecule has 1 aliphatic carbocycles. The van der Waals surface area contributed by atoms with Crippen molar-refractivity contribution < 1.29 is 16.8 Å². The Balaban J connectivity index is 0.00000288. The molecule has 0 radical (unpaired) electrons. The van der Waals surface area contributed by atoms with Crippen molar-refractivity contribution in [1.82, 2.24) is 14.8 Å². The predicted molar refractivity (Wildman–Crippen MR) is 95.4 cm³/mol. The third kappa shape index (κ3) is 5.98. The Morgan fingerprint density at radius 2 is 1.54 bits per heavy atom. The lowest BCUT2D eigenvalue weighted by atomic mass is 10.3. The number of benzene rings is 1. The van der Waals surface area contributed by atoms with Crippen LogP contribution in [0, 0.1) is 0 Å². The molecule has 2 rings (SSSR count). The van der Waals surface area contributed by atoms with Crippen molar-refractivity contribution in [1.29, 1.82) is 0 Å². The van der Waals surface area contributed by atoms with Gasteiger partial charge in [-0.15, -0.1) is 12.4 Å². The van der Waals surface area contributed by atoms with E-state index < -0.39 is 20.0 Å². The van der Waals surface area contributed by atoms with Crippen LogP contribution in [0.25, 0.3) is 0 Å². The minimum Gasteiger partial charge on any atom is -0.313 e. The fraction of sp³-hybridized carbons (Fsp3) is 0.571. The van der Waals surface area contributed by atoms with Gasteiger partial charge in [0.1, 0.15) is 0 Å². The van der Waals surface area contributed by atoms with Crippen LogP contribution in [0.15, 0.2) is 34.1 Å². The molecule has 0 unspecified atom stereocenters. The smallest absolute Gasteiger partial charge is 0.240 e. The molecule has 24 heavy (non-hydrogen) atoms. The normalized spacial score (nSPS) is 16.4. The van der Waals surface area contributed by atoms with Crippen molar-refractivity contribution >= 4 is 32.5 Å². The summed E-state index contributed by atoms with van der Waals surface area (Å²) in [6, 6.07) is 5.26. The average molecular weight is 398 g/mol. The molecule has 0 bridgehead atoms. The number of hydrogen-bond acceptors (Lipinski definition) is 5. The van der Waals surface area contributed by atoms with E-state index in [9.17, 15) is 16.8 Å². The lowest BCUT2D eigenvalue weighted by Gasteiger charge is -2.13. The second kappa shape index (κ2) is 8.59. The Morgan fingerprint density at radius 1 is 1.04 bits per heavy atom. The molecule has 1 fully saturated rings. The molecule has 138 valence electrons. The van der Waals surface area contributed by atoms with E-state index in [1.165, 1.54) is 24.3 Å². The fourth-order valence-corrected chi connectivity index (χ4v) is 4.46. The molecule has 3 N–H and O–H groups in total. The summed E-state index contributed by atoms with van der Waals surface area (Å²) in [6.07, 6.45) is 1.69. The Hall–Kier alpha value is -0.710. The highest BCUT2D eigenvalue weighted by molar-refractivity contribution is 7.90. The van der Waals surface area contributed by atoms with Crippen LogP contribution >= 0.6 is 12.4 Å². The first kappa shape index (κ1) is 21.3. The van der Waals surface area contributed by atoms with Gasteiger partial charge in [-0.2, -0.15) is 0 Å². The molecule has 1 aromatic carbocycles. The summed E-state index contributed by atoms with van der Waals surface area (Å²) < 4.78 is 53.5. The Morgan fingerprint density at radius 3 is 2.00 bits per heavy atom. The topological polar surface area (TPSA) is 104 Å². The highest BCUT2D eigenvalue weighted by Crippen LogP contribution is 2.22. The lowest BCUT2D eigenvalue weighted by molar-refractivity contribution is 0.536. The number of hydrogen-bond donors (Lipinski definition) is 3. The van der Waals surface area contributed by atoms with Gasteiger partial charge in [0.2, 0.25) is 20.0 Å².